The molecule has 5 rings (SSSR count). The van der Waals surface area contributed by atoms with Crippen molar-refractivity contribution in [1.82, 2.24) is 19.3 Å². The quantitative estimate of drug-likeness (QED) is 0.420. The van der Waals surface area contributed by atoms with Gasteiger partial charge in [0.15, 0.2) is 5.58 Å². The number of rotatable bonds is 6. The van der Waals surface area contributed by atoms with Crippen molar-refractivity contribution in [1.29, 1.82) is 0 Å². The number of pyridine rings is 1. The highest BCUT2D eigenvalue weighted by atomic mass is 16.5. The van der Waals surface area contributed by atoms with Gasteiger partial charge in [0.1, 0.15) is 18.1 Å². The van der Waals surface area contributed by atoms with Gasteiger partial charge in [0.2, 0.25) is 0 Å². The zero-order valence-electron chi connectivity index (χ0n) is 17.1. The van der Waals surface area contributed by atoms with Crippen LogP contribution >= 0.6 is 0 Å². The molecule has 0 amide bonds. The highest BCUT2D eigenvalue weighted by Crippen LogP contribution is 2.27. The Bertz CT molecular complexity index is 1450. The highest BCUT2D eigenvalue weighted by Gasteiger charge is 2.12. The molecule has 8 nitrogen and oxygen atoms in total. The molecular weight excluding hydrogens is 396 g/mol. The van der Waals surface area contributed by atoms with Crippen molar-refractivity contribution in [3.63, 3.8) is 0 Å². The van der Waals surface area contributed by atoms with E-state index in [9.17, 15) is 4.79 Å². The van der Waals surface area contributed by atoms with Gasteiger partial charge < -0.3 is 13.9 Å². The molecule has 0 unspecified atom stereocenters. The van der Waals surface area contributed by atoms with E-state index in [1.807, 2.05) is 49.6 Å². The van der Waals surface area contributed by atoms with E-state index in [1.165, 1.54) is 0 Å². The van der Waals surface area contributed by atoms with E-state index < -0.39 is 5.76 Å². The van der Waals surface area contributed by atoms with Crippen LogP contribution in [0.4, 0.5) is 0 Å². The van der Waals surface area contributed by atoms with Crippen molar-refractivity contribution in [3.8, 4) is 22.6 Å². The fourth-order valence-electron chi connectivity index (χ4n) is 3.63. The standard InChI is InChI=1S/C23H20N4O4/c1-26-14-16(13-25-26)15-3-6-22-20(11-15)27(23(28)31-22)9-10-30-21-7-8-24-19-12-17(29-2)4-5-18(19)21/h3-8,11-14H,9-10H2,1-2H3. The first-order valence-electron chi connectivity index (χ1n) is 9.80. The molecule has 0 fully saturated rings. The molecule has 31 heavy (non-hydrogen) atoms. The van der Waals surface area contributed by atoms with Crippen LogP contribution in [0.25, 0.3) is 33.1 Å². The Hall–Kier alpha value is -4.07. The maximum atomic E-state index is 12.4. The van der Waals surface area contributed by atoms with Crippen LogP contribution in [-0.2, 0) is 13.6 Å². The van der Waals surface area contributed by atoms with Crippen molar-refractivity contribution >= 4 is 22.0 Å². The molecule has 0 spiro atoms. The molecule has 3 heterocycles. The second-order valence-electron chi connectivity index (χ2n) is 7.15. The van der Waals surface area contributed by atoms with Crippen LogP contribution in [0.2, 0.25) is 0 Å². The van der Waals surface area contributed by atoms with Crippen molar-refractivity contribution < 1.29 is 13.9 Å². The predicted molar refractivity (Wildman–Crippen MR) is 116 cm³/mol. The first kappa shape index (κ1) is 18.9. The number of fused-ring (bicyclic) bond motifs is 2. The van der Waals surface area contributed by atoms with E-state index in [-0.39, 0.29) is 0 Å². The van der Waals surface area contributed by atoms with Crippen molar-refractivity contribution in [2.24, 2.45) is 7.05 Å². The van der Waals surface area contributed by atoms with Gasteiger partial charge in [-0.1, -0.05) is 6.07 Å². The largest absolute Gasteiger partial charge is 0.497 e. The molecule has 3 aromatic heterocycles. The number of benzene rings is 2. The van der Waals surface area contributed by atoms with E-state index in [4.69, 9.17) is 13.9 Å². The monoisotopic (exact) mass is 416 g/mol. The minimum Gasteiger partial charge on any atom is -0.497 e. The van der Waals surface area contributed by atoms with Crippen molar-refractivity contribution in [2.75, 3.05) is 13.7 Å². The molecule has 0 aliphatic rings. The van der Waals surface area contributed by atoms with Gasteiger partial charge in [-0.3, -0.25) is 14.2 Å². The molecule has 0 aliphatic carbocycles. The van der Waals surface area contributed by atoms with Crippen LogP contribution in [-0.4, -0.2) is 33.0 Å². The summed E-state index contributed by atoms with van der Waals surface area (Å²) in [6.07, 6.45) is 5.41. The van der Waals surface area contributed by atoms with Gasteiger partial charge in [0, 0.05) is 36.5 Å². The van der Waals surface area contributed by atoms with Gasteiger partial charge in [0.05, 0.1) is 30.9 Å². The summed E-state index contributed by atoms with van der Waals surface area (Å²) < 4.78 is 20.0. The first-order valence-corrected chi connectivity index (χ1v) is 9.80. The lowest BCUT2D eigenvalue weighted by molar-refractivity contribution is 0.297. The SMILES string of the molecule is COc1ccc2c(OCCn3c(=O)oc4ccc(-c5cnn(C)c5)cc43)ccnc2c1. The predicted octanol–water partition coefficient (Wildman–Crippen LogP) is 3.63. The lowest BCUT2D eigenvalue weighted by Crippen LogP contribution is -2.18. The van der Waals surface area contributed by atoms with E-state index in [0.717, 1.165) is 33.3 Å². The maximum absolute atomic E-state index is 12.4. The summed E-state index contributed by atoms with van der Waals surface area (Å²) in [5.74, 6) is 1.02. The second-order valence-corrected chi connectivity index (χ2v) is 7.15. The maximum Gasteiger partial charge on any atom is 0.420 e. The first-order chi connectivity index (χ1) is 15.1. The molecule has 8 heteroatoms. The molecule has 0 saturated carbocycles. The van der Waals surface area contributed by atoms with E-state index >= 15 is 0 Å². The van der Waals surface area contributed by atoms with Gasteiger partial charge in [0.25, 0.3) is 0 Å². The average Bonchev–Trinajstić information content (AvgIpc) is 3.35. The van der Waals surface area contributed by atoms with E-state index in [0.29, 0.717) is 24.5 Å². The number of aryl methyl sites for hydroxylation is 1. The van der Waals surface area contributed by atoms with E-state index in [1.54, 1.807) is 34.8 Å². The Morgan fingerprint density at radius 1 is 1.10 bits per heavy atom. The highest BCUT2D eigenvalue weighted by molar-refractivity contribution is 5.86. The zero-order valence-corrected chi connectivity index (χ0v) is 17.1. The van der Waals surface area contributed by atoms with Crippen molar-refractivity contribution in [3.05, 3.63) is 71.6 Å². The molecule has 0 atom stereocenters. The molecule has 5 aromatic rings. The Kier molecular flexibility index (Phi) is 4.66. The number of nitrogens with zero attached hydrogens (tertiary/aromatic N) is 4. The van der Waals surface area contributed by atoms with Gasteiger partial charge >= 0.3 is 5.76 Å². The molecule has 2 aromatic carbocycles. The summed E-state index contributed by atoms with van der Waals surface area (Å²) >= 11 is 0. The Morgan fingerprint density at radius 2 is 2.00 bits per heavy atom. The summed E-state index contributed by atoms with van der Waals surface area (Å²) in [6, 6.07) is 13.1. The topological polar surface area (TPSA) is 84.3 Å². The minimum absolute atomic E-state index is 0.302. The summed E-state index contributed by atoms with van der Waals surface area (Å²) in [4.78, 5) is 16.8. The fourth-order valence-corrected chi connectivity index (χ4v) is 3.63. The number of ether oxygens (including phenoxy) is 2. The van der Waals surface area contributed by atoms with Crippen LogP contribution in [0.3, 0.4) is 0 Å². The van der Waals surface area contributed by atoms with Crippen LogP contribution in [0.5, 0.6) is 11.5 Å². The van der Waals surface area contributed by atoms with Gasteiger partial charge in [-0.25, -0.2) is 4.79 Å². The van der Waals surface area contributed by atoms with E-state index in [2.05, 4.69) is 10.1 Å². The number of hydrogen-bond donors (Lipinski definition) is 0. The van der Waals surface area contributed by atoms with Crippen LogP contribution in [0.1, 0.15) is 0 Å². The number of oxazole rings is 1. The van der Waals surface area contributed by atoms with Gasteiger partial charge in [-0.15, -0.1) is 0 Å². The minimum atomic E-state index is -0.411. The molecule has 0 bridgehead atoms. The van der Waals surface area contributed by atoms with Crippen LogP contribution in [0.15, 0.2) is 70.3 Å². The van der Waals surface area contributed by atoms with Crippen LogP contribution < -0.4 is 15.2 Å². The average molecular weight is 416 g/mol. The third-order valence-corrected chi connectivity index (χ3v) is 5.19. The summed E-state index contributed by atoms with van der Waals surface area (Å²) in [7, 11) is 3.49. The summed E-state index contributed by atoms with van der Waals surface area (Å²) in [6.45, 7) is 0.652. The molecule has 0 saturated heterocycles. The third kappa shape index (κ3) is 3.52. The molecular formula is C23H20N4O4. The lowest BCUT2D eigenvalue weighted by atomic mass is 10.1. The second kappa shape index (κ2) is 7.64. The fraction of sp³-hybridized carbons (Fsp3) is 0.174. The van der Waals surface area contributed by atoms with Gasteiger partial charge in [-0.05, 0) is 35.9 Å². The number of methoxy groups -OCH3 is 1. The molecule has 0 N–H and O–H groups in total. The lowest BCUT2D eigenvalue weighted by Gasteiger charge is -2.10. The molecule has 0 aliphatic heterocycles. The number of aromatic nitrogens is 4. The Balaban J connectivity index is 1.40. The summed E-state index contributed by atoms with van der Waals surface area (Å²) in [5, 5.41) is 5.09. The smallest absolute Gasteiger partial charge is 0.420 e. The normalized spacial score (nSPS) is 11.3. The zero-order chi connectivity index (χ0) is 21.4. The summed E-state index contributed by atoms with van der Waals surface area (Å²) in [5.41, 5.74) is 3.98. The Labute approximate surface area is 177 Å². The van der Waals surface area contributed by atoms with Crippen LogP contribution in [0, 0.1) is 0 Å². The van der Waals surface area contributed by atoms with Crippen molar-refractivity contribution in [2.45, 2.75) is 6.54 Å². The third-order valence-electron chi connectivity index (χ3n) is 5.19. The molecule has 156 valence electrons. The Morgan fingerprint density at radius 3 is 2.81 bits per heavy atom. The number of hydrogen-bond acceptors (Lipinski definition) is 6. The van der Waals surface area contributed by atoms with Gasteiger partial charge in [-0.2, -0.15) is 5.10 Å². The molecule has 0 radical (unpaired) electrons.